The zero-order valence-electron chi connectivity index (χ0n) is 15.3. The number of nitrogens with one attached hydrogen (secondary N) is 2. The number of hydrogen-bond donors (Lipinski definition) is 2. The predicted molar refractivity (Wildman–Crippen MR) is 102 cm³/mol. The van der Waals surface area contributed by atoms with E-state index in [-0.39, 0.29) is 24.6 Å². The number of benzene rings is 2. The number of rotatable bonds is 8. The molecule has 2 aromatic rings. The molecule has 2 aromatic carbocycles. The largest absolute Gasteiger partial charge is 0.444 e. The third-order valence-corrected chi connectivity index (χ3v) is 3.52. The molecule has 0 unspecified atom stereocenters. The summed E-state index contributed by atoms with van der Waals surface area (Å²) in [4.78, 5) is 43.1. The van der Waals surface area contributed by atoms with Gasteiger partial charge in [-0.1, -0.05) is 0 Å². The molecular formula is C18H16N4O8. The van der Waals surface area contributed by atoms with Crippen LogP contribution in [0.1, 0.15) is 11.1 Å². The Morgan fingerprint density at radius 2 is 1.07 bits per heavy atom. The minimum atomic E-state index is -0.800. The van der Waals surface area contributed by atoms with Gasteiger partial charge in [0.1, 0.15) is 13.2 Å². The van der Waals surface area contributed by atoms with Crippen LogP contribution in [0.2, 0.25) is 0 Å². The summed E-state index contributed by atoms with van der Waals surface area (Å²) in [5, 5.41) is 25.6. The SMILES string of the molecule is O=C(NC=CNC(=O)OCc1ccc([N+](=O)[O-])cc1)OCc1ccc([N+](=O)[O-])cc1. The lowest BCUT2D eigenvalue weighted by atomic mass is 10.2. The summed E-state index contributed by atoms with van der Waals surface area (Å²) in [5.41, 5.74) is 0.982. The van der Waals surface area contributed by atoms with E-state index in [9.17, 15) is 29.8 Å². The van der Waals surface area contributed by atoms with Gasteiger partial charge in [0.15, 0.2) is 0 Å². The van der Waals surface area contributed by atoms with Gasteiger partial charge in [0.2, 0.25) is 0 Å². The van der Waals surface area contributed by atoms with Crippen LogP contribution < -0.4 is 10.6 Å². The van der Waals surface area contributed by atoms with E-state index in [1.807, 2.05) is 0 Å². The van der Waals surface area contributed by atoms with Crippen LogP contribution in [0.4, 0.5) is 21.0 Å². The van der Waals surface area contributed by atoms with Crippen LogP contribution in [0.3, 0.4) is 0 Å². The maximum absolute atomic E-state index is 11.5. The van der Waals surface area contributed by atoms with Crippen LogP contribution in [0.15, 0.2) is 60.9 Å². The molecule has 12 nitrogen and oxygen atoms in total. The van der Waals surface area contributed by atoms with Gasteiger partial charge in [-0.2, -0.15) is 0 Å². The highest BCUT2D eigenvalue weighted by Gasteiger charge is 2.07. The van der Waals surface area contributed by atoms with Gasteiger partial charge in [-0.05, 0) is 35.4 Å². The number of nitro benzene ring substituents is 2. The van der Waals surface area contributed by atoms with Gasteiger partial charge in [0.25, 0.3) is 11.4 Å². The molecule has 2 amide bonds. The number of ether oxygens (including phenoxy) is 2. The fraction of sp³-hybridized carbons (Fsp3) is 0.111. The summed E-state index contributed by atoms with van der Waals surface area (Å²) in [7, 11) is 0. The van der Waals surface area contributed by atoms with Gasteiger partial charge < -0.3 is 9.47 Å². The zero-order valence-corrected chi connectivity index (χ0v) is 15.3. The van der Waals surface area contributed by atoms with E-state index in [2.05, 4.69) is 10.6 Å². The van der Waals surface area contributed by atoms with Crippen LogP contribution in [0.25, 0.3) is 0 Å². The van der Waals surface area contributed by atoms with Crippen LogP contribution >= 0.6 is 0 Å². The third kappa shape index (κ3) is 7.26. The van der Waals surface area contributed by atoms with E-state index < -0.39 is 22.0 Å². The maximum atomic E-state index is 11.5. The summed E-state index contributed by atoms with van der Waals surface area (Å²) >= 11 is 0. The van der Waals surface area contributed by atoms with Crippen molar-refractivity contribution in [1.29, 1.82) is 0 Å². The monoisotopic (exact) mass is 416 g/mol. The van der Waals surface area contributed by atoms with E-state index in [4.69, 9.17) is 9.47 Å². The van der Waals surface area contributed by atoms with E-state index in [1.165, 1.54) is 48.5 Å². The molecule has 0 radical (unpaired) electrons. The third-order valence-electron chi connectivity index (χ3n) is 3.52. The predicted octanol–water partition coefficient (Wildman–Crippen LogP) is 3.13. The van der Waals surface area contributed by atoms with E-state index >= 15 is 0 Å². The molecule has 0 saturated heterocycles. The van der Waals surface area contributed by atoms with Crippen molar-refractivity contribution in [2.75, 3.05) is 0 Å². The first kappa shape index (κ1) is 21.8. The van der Waals surface area contributed by atoms with Crippen LogP contribution in [0.5, 0.6) is 0 Å². The first-order chi connectivity index (χ1) is 14.3. The molecule has 0 aliphatic carbocycles. The normalized spacial score (nSPS) is 10.3. The standard InChI is InChI=1S/C18H16N4O8/c23-17(29-11-13-1-5-15(6-2-13)21(25)26)19-9-10-20-18(24)30-12-14-3-7-16(8-4-14)22(27)28/h1-10H,11-12H2,(H,19,23)(H,20,24). The molecule has 30 heavy (non-hydrogen) atoms. The smallest absolute Gasteiger partial charge is 0.411 e. The number of nitrogens with zero attached hydrogens (tertiary/aromatic N) is 2. The van der Waals surface area contributed by atoms with E-state index in [1.54, 1.807) is 0 Å². The molecule has 0 fully saturated rings. The summed E-state index contributed by atoms with van der Waals surface area (Å²) in [6.45, 7) is -0.190. The quantitative estimate of drug-likeness (QED) is 0.489. The first-order valence-corrected chi connectivity index (χ1v) is 8.33. The second kappa shape index (κ2) is 10.8. The van der Waals surface area contributed by atoms with Gasteiger partial charge in [0.05, 0.1) is 9.85 Å². The second-order valence-corrected chi connectivity index (χ2v) is 5.62. The second-order valence-electron chi connectivity index (χ2n) is 5.62. The molecule has 0 spiro atoms. The zero-order chi connectivity index (χ0) is 21.9. The number of nitro groups is 2. The molecule has 0 aliphatic rings. The Labute approximate surface area is 169 Å². The average molecular weight is 416 g/mol. The van der Waals surface area contributed by atoms with Crippen molar-refractivity contribution in [3.05, 3.63) is 92.3 Å². The summed E-state index contributed by atoms with van der Waals surface area (Å²) < 4.78 is 9.81. The molecule has 0 atom stereocenters. The van der Waals surface area contributed by atoms with Crippen molar-refractivity contribution in [2.24, 2.45) is 0 Å². The van der Waals surface area contributed by atoms with Crippen molar-refractivity contribution in [1.82, 2.24) is 10.6 Å². The minimum Gasteiger partial charge on any atom is -0.444 e. The Morgan fingerprint density at radius 1 is 0.733 bits per heavy atom. The first-order valence-electron chi connectivity index (χ1n) is 8.33. The number of carbonyl (C=O) groups excluding carboxylic acids is 2. The number of hydrogen-bond acceptors (Lipinski definition) is 8. The van der Waals surface area contributed by atoms with Gasteiger partial charge in [0, 0.05) is 36.7 Å². The van der Waals surface area contributed by atoms with Gasteiger partial charge in [-0.15, -0.1) is 0 Å². The molecule has 0 heterocycles. The average Bonchev–Trinajstić information content (AvgIpc) is 2.74. The lowest BCUT2D eigenvalue weighted by molar-refractivity contribution is -0.385. The molecule has 2 N–H and O–H groups in total. The summed E-state index contributed by atoms with van der Waals surface area (Å²) in [5.74, 6) is 0. The minimum absolute atomic E-state index is 0.0716. The summed E-state index contributed by atoms with van der Waals surface area (Å²) in [6.07, 6.45) is 0.632. The Bertz CT molecular complexity index is 864. The molecular weight excluding hydrogens is 400 g/mol. The van der Waals surface area contributed by atoms with Gasteiger partial charge in [-0.3, -0.25) is 30.9 Å². The van der Waals surface area contributed by atoms with Crippen molar-refractivity contribution >= 4 is 23.6 Å². The topological polar surface area (TPSA) is 163 Å². The molecule has 0 aliphatic heterocycles. The molecule has 156 valence electrons. The van der Waals surface area contributed by atoms with Crippen molar-refractivity contribution in [3.63, 3.8) is 0 Å². The van der Waals surface area contributed by atoms with Crippen LogP contribution in [0, 0.1) is 20.2 Å². The Hall–Kier alpha value is -4.48. The number of non-ortho nitro benzene ring substituents is 2. The van der Waals surface area contributed by atoms with Crippen molar-refractivity contribution < 1.29 is 28.9 Å². The molecule has 0 bridgehead atoms. The highest BCUT2D eigenvalue weighted by molar-refractivity contribution is 5.70. The van der Waals surface area contributed by atoms with Crippen molar-refractivity contribution in [3.8, 4) is 0 Å². The van der Waals surface area contributed by atoms with E-state index in [0.717, 1.165) is 12.4 Å². The Morgan fingerprint density at radius 3 is 1.37 bits per heavy atom. The fourth-order valence-electron chi connectivity index (χ4n) is 2.03. The number of alkyl carbamates (subject to hydrolysis) is 2. The Balaban J connectivity index is 1.64. The van der Waals surface area contributed by atoms with Gasteiger partial charge >= 0.3 is 12.2 Å². The molecule has 0 saturated carbocycles. The number of carbonyl (C=O) groups is 2. The fourth-order valence-corrected chi connectivity index (χ4v) is 2.03. The lowest BCUT2D eigenvalue weighted by Crippen LogP contribution is -2.22. The highest BCUT2D eigenvalue weighted by Crippen LogP contribution is 2.13. The Kier molecular flexibility index (Phi) is 7.82. The van der Waals surface area contributed by atoms with Crippen molar-refractivity contribution in [2.45, 2.75) is 13.2 Å². The van der Waals surface area contributed by atoms with E-state index in [0.29, 0.717) is 11.1 Å². The number of amides is 2. The highest BCUT2D eigenvalue weighted by atomic mass is 16.6. The molecule has 12 heteroatoms. The van der Waals surface area contributed by atoms with Gasteiger partial charge in [-0.25, -0.2) is 9.59 Å². The molecule has 0 aromatic heterocycles. The van der Waals surface area contributed by atoms with Crippen LogP contribution in [-0.4, -0.2) is 22.0 Å². The summed E-state index contributed by atoms with van der Waals surface area (Å²) in [6, 6.07) is 11.0. The molecule has 2 rings (SSSR count). The maximum Gasteiger partial charge on any atom is 0.411 e. The lowest BCUT2D eigenvalue weighted by Gasteiger charge is -2.05. The van der Waals surface area contributed by atoms with Crippen LogP contribution in [-0.2, 0) is 22.7 Å².